The maximum absolute atomic E-state index is 6.09. The van der Waals surface area contributed by atoms with E-state index in [2.05, 4.69) is 18.7 Å². The maximum Gasteiger partial charge on any atom is 0.0678 e. The molecule has 1 saturated carbocycles. The summed E-state index contributed by atoms with van der Waals surface area (Å²) in [5.41, 5.74) is 6.09. The van der Waals surface area contributed by atoms with Crippen molar-refractivity contribution in [3.63, 3.8) is 0 Å². The van der Waals surface area contributed by atoms with E-state index in [-0.39, 0.29) is 0 Å². The van der Waals surface area contributed by atoms with E-state index in [1.165, 1.54) is 38.5 Å². The fourth-order valence-electron chi connectivity index (χ4n) is 3.82. The quantitative estimate of drug-likeness (QED) is 0.786. The molecule has 0 radical (unpaired) electrons. The van der Waals surface area contributed by atoms with Gasteiger partial charge in [-0.25, -0.2) is 0 Å². The van der Waals surface area contributed by atoms with Crippen LogP contribution in [-0.2, 0) is 4.74 Å². The lowest BCUT2D eigenvalue weighted by Gasteiger charge is -2.42. The zero-order valence-electron chi connectivity index (χ0n) is 12.1. The Morgan fingerprint density at radius 2 is 1.61 bits per heavy atom. The molecule has 0 amide bonds. The molecule has 1 unspecified atom stereocenters. The summed E-state index contributed by atoms with van der Waals surface area (Å²) in [5.74, 6) is 0.815. The summed E-state index contributed by atoms with van der Waals surface area (Å²) in [7, 11) is 0. The fraction of sp³-hybridized carbons (Fsp3) is 1.00. The minimum absolute atomic E-state index is 0.355. The molecule has 0 aromatic rings. The molecular weight excluding hydrogens is 224 g/mol. The Bertz CT molecular complexity index is 229. The molecule has 1 aliphatic heterocycles. The van der Waals surface area contributed by atoms with Gasteiger partial charge in [0.15, 0.2) is 0 Å². The lowest BCUT2D eigenvalue weighted by molar-refractivity contribution is -0.0865. The van der Waals surface area contributed by atoms with Gasteiger partial charge in [-0.15, -0.1) is 0 Å². The van der Waals surface area contributed by atoms with E-state index in [4.69, 9.17) is 10.5 Å². The van der Waals surface area contributed by atoms with Crippen LogP contribution >= 0.6 is 0 Å². The zero-order valence-corrected chi connectivity index (χ0v) is 12.1. The van der Waals surface area contributed by atoms with Crippen molar-refractivity contribution in [3.8, 4) is 0 Å². The highest BCUT2D eigenvalue weighted by Crippen LogP contribution is 2.29. The van der Waals surface area contributed by atoms with Crippen LogP contribution < -0.4 is 5.73 Å². The molecule has 1 saturated heterocycles. The third kappa shape index (κ3) is 3.69. The van der Waals surface area contributed by atoms with Gasteiger partial charge >= 0.3 is 0 Å². The Kier molecular flexibility index (Phi) is 5.46. The van der Waals surface area contributed by atoms with E-state index in [1.54, 1.807) is 0 Å². The Balaban J connectivity index is 1.97. The monoisotopic (exact) mass is 254 g/mol. The zero-order chi connectivity index (χ0) is 13.0. The third-order valence-electron chi connectivity index (χ3n) is 4.60. The summed E-state index contributed by atoms with van der Waals surface area (Å²) in [6.45, 7) is 7.29. The van der Waals surface area contributed by atoms with Gasteiger partial charge in [0.2, 0.25) is 0 Å². The molecule has 106 valence electrons. The number of nitrogens with two attached hydrogens (primary N) is 1. The molecule has 18 heavy (non-hydrogen) atoms. The summed E-state index contributed by atoms with van der Waals surface area (Å²) in [5, 5.41) is 0. The average molecular weight is 254 g/mol. The maximum atomic E-state index is 6.09. The second-order valence-electron chi connectivity index (χ2n) is 6.27. The summed E-state index contributed by atoms with van der Waals surface area (Å²) in [4.78, 5) is 2.61. The van der Waals surface area contributed by atoms with Crippen molar-refractivity contribution in [2.45, 2.75) is 70.6 Å². The number of hydrogen-bond donors (Lipinski definition) is 1. The highest BCUT2D eigenvalue weighted by atomic mass is 16.5. The minimum atomic E-state index is 0.355. The fourth-order valence-corrected chi connectivity index (χ4v) is 3.82. The highest BCUT2D eigenvalue weighted by molar-refractivity contribution is 4.86. The summed E-state index contributed by atoms with van der Waals surface area (Å²) in [6.07, 6.45) is 9.10. The lowest BCUT2D eigenvalue weighted by Crippen LogP contribution is -2.54. The van der Waals surface area contributed by atoms with Gasteiger partial charge in [-0.3, -0.25) is 4.90 Å². The molecule has 1 heterocycles. The molecule has 0 bridgehead atoms. The topological polar surface area (TPSA) is 38.5 Å². The van der Waals surface area contributed by atoms with E-state index in [1.807, 2.05) is 0 Å². The Hall–Kier alpha value is -0.120. The number of morpholine rings is 1. The number of nitrogens with zero attached hydrogens (tertiary/aromatic N) is 1. The molecule has 2 aliphatic rings. The van der Waals surface area contributed by atoms with Crippen LogP contribution in [0.1, 0.15) is 52.4 Å². The molecule has 0 aromatic heterocycles. The predicted molar refractivity (Wildman–Crippen MR) is 75.6 cm³/mol. The SMILES string of the molecule is C[C@@H]1CN(C(CN)C2CCCCCC2)C[C@H](C)O1. The van der Waals surface area contributed by atoms with Crippen LogP contribution in [0.25, 0.3) is 0 Å². The van der Waals surface area contributed by atoms with Gasteiger partial charge in [-0.05, 0) is 32.6 Å². The van der Waals surface area contributed by atoms with E-state index < -0.39 is 0 Å². The lowest BCUT2D eigenvalue weighted by atomic mass is 9.90. The number of hydrogen-bond acceptors (Lipinski definition) is 3. The van der Waals surface area contributed by atoms with Crippen molar-refractivity contribution >= 4 is 0 Å². The highest BCUT2D eigenvalue weighted by Gasteiger charge is 2.32. The second kappa shape index (κ2) is 6.88. The molecule has 2 fully saturated rings. The van der Waals surface area contributed by atoms with Gasteiger partial charge in [0.25, 0.3) is 0 Å². The molecule has 3 atom stereocenters. The van der Waals surface area contributed by atoms with Gasteiger partial charge in [0, 0.05) is 25.7 Å². The van der Waals surface area contributed by atoms with Crippen LogP contribution in [0.15, 0.2) is 0 Å². The van der Waals surface area contributed by atoms with Crippen molar-refractivity contribution in [3.05, 3.63) is 0 Å². The van der Waals surface area contributed by atoms with Crippen LogP contribution in [0.2, 0.25) is 0 Å². The van der Waals surface area contributed by atoms with E-state index in [9.17, 15) is 0 Å². The van der Waals surface area contributed by atoms with Crippen LogP contribution in [0.3, 0.4) is 0 Å². The summed E-state index contributed by atoms with van der Waals surface area (Å²) < 4.78 is 5.84. The molecule has 0 aromatic carbocycles. The van der Waals surface area contributed by atoms with Gasteiger partial charge in [0.05, 0.1) is 12.2 Å². The van der Waals surface area contributed by atoms with Crippen molar-refractivity contribution in [2.75, 3.05) is 19.6 Å². The van der Waals surface area contributed by atoms with Crippen molar-refractivity contribution in [1.29, 1.82) is 0 Å². The Labute approximate surface area is 112 Å². The second-order valence-corrected chi connectivity index (χ2v) is 6.27. The van der Waals surface area contributed by atoms with Gasteiger partial charge in [-0.2, -0.15) is 0 Å². The summed E-state index contributed by atoms with van der Waals surface area (Å²) in [6, 6.07) is 0.580. The first kappa shape index (κ1) is 14.3. The van der Waals surface area contributed by atoms with Crippen molar-refractivity contribution < 1.29 is 4.74 Å². The van der Waals surface area contributed by atoms with Crippen LogP contribution in [0.4, 0.5) is 0 Å². The van der Waals surface area contributed by atoms with Crippen molar-refractivity contribution in [2.24, 2.45) is 11.7 Å². The van der Waals surface area contributed by atoms with Crippen LogP contribution in [0, 0.1) is 5.92 Å². The standard InChI is InChI=1S/C15H30N2O/c1-12-10-17(11-13(2)18-12)15(9-16)14-7-5-3-4-6-8-14/h12-15H,3-11,16H2,1-2H3/t12-,13+,15?. The first-order valence-corrected chi connectivity index (χ1v) is 7.80. The molecule has 1 aliphatic carbocycles. The molecule has 3 heteroatoms. The first-order valence-electron chi connectivity index (χ1n) is 7.80. The van der Waals surface area contributed by atoms with Gasteiger partial charge < -0.3 is 10.5 Å². The van der Waals surface area contributed by atoms with Gasteiger partial charge in [0.1, 0.15) is 0 Å². The summed E-state index contributed by atoms with van der Waals surface area (Å²) >= 11 is 0. The third-order valence-corrected chi connectivity index (χ3v) is 4.60. The largest absolute Gasteiger partial charge is 0.373 e. The van der Waals surface area contributed by atoms with Crippen molar-refractivity contribution in [1.82, 2.24) is 4.90 Å². The van der Waals surface area contributed by atoms with Crippen LogP contribution in [0.5, 0.6) is 0 Å². The first-order chi connectivity index (χ1) is 8.70. The molecule has 2 N–H and O–H groups in total. The van der Waals surface area contributed by atoms with E-state index >= 15 is 0 Å². The number of rotatable bonds is 3. The number of ether oxygens (including phenoxy) is 1. The van der Waals surface area contributed by atoms with Crippen LogP contribution in [-0.4, -0.2) is 42.8 Å². The van der Waals surface area contributed by atoms with Gasteiger partial charge in [-0.1, -0.05) is 25.7 Å². The normalized spacial score (nSPS) is 34.2. The Morgan fingerprint density at radius 3 is 2.11 bits per heavy atom. The predicted octanol–water partition coefficient (Wildman–Crippen LogP) is 2.39. The molecule has 3 nitrogen and oxygen atoms in total. The molecular formula is C15H30N2O. The smallest absolute Gasteiger partial charge is 0.0678 e. The minimum Gasteiger partial charge on any atom is -0.373 e. The van der Waals surface area contributed by atoms with E-state index in [0.717, 1.165) is 25.6 Å². The Morgan fingerprint density at radius 1 is 1.06 bits per heavy atom. The molecule has 2 rings (SSSR count). The average Bonchev–Trinajstić information content (AvgIpc) is 2.58. The molecule has 0 spiro atoms. The van der Waals surface area contributed by atoms with E-state index in [0.29, 0.717) is 18.2 Å².